The minimum Gasteiger partial charge on any atom is -0.363 e. The van der Waals surface area contributed by atoms with Gasteiger partial charge in [-0.1, -0.05) is 12.2 Å². The van der Waals surface area contributed by atoms with Crippen molar-refractivity contribution < 1.29 is 5.11 Å². The maximum Gasteiger partial charge on any atom is 0.122 e. The van der Waals surface area contributed by atoms with E-state index in [1.165, 1.54) is 0 Å². The molecule has 47 valence electrons. The molecule has 0 spiro atoms. The van der Waals surface area contributed by atoms with E-state index in [2.05, 4.69) is 5.32 Å². The Labute approximate surface area is 54.2 Å². The zero-order chi connectivity index (χ0) is 6.53. The Bertz CT molecular complexity index is 168. The van der Waals surface area contributed by atoms with E-state index in [1.807, 2.05) is 18.2 Å². The molecular formula is C7H8NO. The summed E-state index contributed by atoms with van der Waals surface area (Å²) in [5.41, 5.74) is 0.708. The molecule has 0 aromatic carbocycles. The Balaban J connectivity index is 2.62. The van der Waals surface area contributed by atoms with Crippen LogP contribution in [0.2, 0.25) is 0 Å². The molecule has 0 atom stereocenters. The van der Waals surface area contributed by atoms with Crippen LogP contribution in [0.5, 0.6) is 0 Å². The van der Waals surface area contributed by atoms with Gasteiger partial charge in [-0.05, 0) is 12.2 Å². The Kier molecular flexibility index (Phi) is 2.10. The molecule has 0 aliphatic carbocycles. The lowest BCUT2D eigenvalue weighted by atomic mass is 10.4. The largest absolute Gasteiger partial charge is 0.363 e. The second-order valence-corrected chi connectivity index (χ2v) is 1.72. The van der Waals surface area contributed by atoms with Gasteiger partial charge in [-0.3, -0.25) is 0 Å². The Morgan fingerprint density at radius 3 is 3.00 bits per heavy atom. The van der Waals surface area contributed by atoms with Gasteiger partial charge in [0, 0.05) is 11.9 Å². The second-order valence-electron chi connectivity index (χ2n) is 1.72. The summed E-state index contributed by atoms with van der Waals surface area (Å²) in [6.07, 6.45) is 9.07. The standard InChI is InChI=1S/C7H8NO/c9-6-7-4-2-1-3-5-8-7/h1-5,8H,6H2. The highest BCUT2D eigenvalue weighted by atomic mass is 16.3. The van der Waals surface area contributed by atoms with Crippen molar-refractivity contribution in [3.63, 3.8) is 0 Å². The first kappa shape index (κ1) is 6.11. The fourth-order valence-corrected chi connectivity index (χ4v) is 0.584. The molecule has 0 aromatic heterocycles. The van der Waals surface area contributed by atoms with Crippen molar-refractivity contribution in [1.82, 2.24) is 5.32 Å². The second kappa shape index (κ2) is 3.10. The molecule has 0 saturated heterocycles. The number of hydrogen-bond donors (Lipinski definition) is 1. The summed E-state index contributed by atoms with van der Waals surface area (Å²) in [7, 11) is 0. The molecule has 1 rings (SSSR count). The zero-order valence-corrected chi connectivity index (χ0v) is 5.00. The fourth-order valence-electron chi connectivity index (χ4n) is 0.584. The van der Waals surface area contributed by atoms with E-state index in [9.17, 15) is 5.11 Å². The molecule has 1 radical (unpaired) electrons. The van der Waals surface area contributed by atoms with Crippen LogP contribution in [-0.4, -0.2) is 6.61 Å². The monoisotopic (exact) mass is 122 g/mol. The average molecular weight is 122 g/mol. The van der Waals surface area contributed by atoms with Crippen molar-refractivity contribution in [2.24, 2.45) is 0 Å². The zero-order valence-electron chi connectivity index (χ0n) is 5.00. The van der Waals surface area contributed by atoms with Gasteiger partial charge in [0.05, 0.1) is 0 Å². The molecule has 1 aliphatic heterocycles. The van der Waals surface area contributed by atoms with Gasteiger partial charge in [-0.2, -0.15) is 0 Å². The number of hydrogen-bond acceptors (Lipinski definition) is 1. The summed E-state index contributed by atoms with van der Waals surface area (Å²) in [5, 5.41) is 13.1. The summed E-state index contributed by atoms with van der Waals surface area (Å²) >= 11 is 0. The van der Waals surface area contributed by atoms with Crippen molar-refractivity contribution >= 4 is 0 Å². The highest BCUT2D eigenvalue weighted by Crippen LogP contribution is 1.92. The van der Waals surface area contributed by atoms with Gasteiger partial charge in [0.1, 0.15) is 6.61 Å². The molecule has 2 nitrogen and oxygen atoms in total. The molecule has 1 N–H and O–H groups in total. The lowest BCUT2D eigenvalue weighted by Gasteiger charge is -1.96. The summed E-state index contributed by atoms with van der Waals surface area (Å²) in [4.78, 5) is 0. The van der Waals surface area contributed by atoms with E-state index in [0.29, 0.717) is 5.70 Å². The quantitative estimate of drug-likeness (QED) is 0.552. The Hall–Kier alpha value is -1.02. The highest BCUT2D eigenvalue weighted by Gasteiger charge is 1.89. The first-order chi connectivity index (χ1) is 4.43. The van der Waals surface area contributed by atoms with E-state index >= 15 is 0 Å². The molecule has 0 fully saturated rings. The molecule has 1 aliphatic rings. The van der Waals surface area contributed by atoms with Crippen molar-refractivity contribution in [3.05, 3.63) is 36.2 Å². The van der Waals surface area contributed by atoms with Crippen molar-refractivity contribution in [2.75, 3.05) is 6.61 Å². The highest BCUT2D eigenvalue weighted by molar-refractivity contribution is 5.20. The topological polar surface area (TPSA) is 31.9 Å². The van der Waals surface area contributed by atoms with Crippen molar-refractivity contribution in [3.8, 4) is 0 Å². The Morgan fingerprint density at radius 1 is 1.33 bits per heavy atom. The molecule has 0 bridgehead atoms. The van der Waals surface area contributed by atoms with Crippen molar-refractivity contribution in [2.45, 2.75) is 0 Å². The first-order valence-electron chi connectivity index (χ1n) is 2.80. The molecule has 1 heterocycles. The third-order valence-corrected chi connectivity index (χ3v) is 1.04. The van der Waals surface area contributed by atoms with Crippen LogP contribution in [0, 0.1) is 0 Å². The molecule has 0 amide bonds. The van der Waals surface area contributed by atoms with Crippen LogP contribution in [0.4, 0.5) is 0 Å². The van der Waals surface area contributed by atoms with Gasteiger partial charge in [0.15, 0.2) is 0 Å². The van der Waals surface area contributed by atoms with Gasteiger partial charge in [0.25, 0.3) is 0 Å². The van der Waals surface area contributed by atoms with E-state index in [4.69, 9.17) is 0 Å². The first-order valence-corrected chi connectivity index (χ1v) is 2.80. The summed E-state index contributed by atoms with van der Waals surface area (Å²) in [6, 6.07) is 0. The lowest BCUT2D eigenvalue weighted by Crippen LogP contribution is -2.06. The maximum absolute atomic E-state index is 10.2. The van der Waals surface area contributed by atoms with Crippen molar-refractivity contribution in [1.29, 1.82) is 0 Å². The van der Waals surface area contributed by atoms with Crippen LogP contribution in [0.1, 0.15) is 0 Å². The normalized spacial score (nSPS) is 16.3. The minimum atomic E-state index is -0.186. The number of nitrogens with one attached hydrogen (secondary N) is 1. The average Bonchev–Trinajstić information content (AvgIpc) is 2.13. The van der Waals surface area contributed by atoms with Gasteiger partial charge in [-0.15, -0.1) is 0 Å². The predicted molar refractivity (Wildman–Crippen MR) is 35.1 cm³/mol. The lowest BCUT2D eigenvalue weighted by molar-refractivity contribution is 0.219. The third kappa shape index (κ3) is 1.74. The van der Waals surface area contributed by atoms with Gasteiger partial charge >= 0.3 is 0 Å². The van der Waals surface area contributed by atoms with Gasteiger partial charge in [0.2, 0.25) is 0 Å². The predicted octanol–water partition coefficient (Wildman–Crippen LogP) is 0.974. The fraction of sp³-hybridized carbons (Fsp3) is 0.143. The number of allylic oxidation sites excluding steroid dienone is 4. The SMILES string of the molecule is [O]CC1=CC=CC=CN1. The minimum absolute atomic E-state index is 0.186. The molecule has 0 saturated carbocycles. The molecule has 0 unspecified atom stereocenters. The van der Waals surface area contributed by atoms with Crippen LogP contribution in [0.3, 0.4) is 0 Å². The van der Waals surface area contributed by atoms with E-state index in [-0.39, 0.29) is 6.61 Å². The molecule has 0 aromatic rings. The van der Waals surface area contributed by atoms with Crippen LogP contribution >= 0.6 is 0 Å². The summed E-state index contributed by atoms with van der Waals surface area (Å²) in [6.45, 7) is -0.186. The maximum atomic E-state index is 10.2. The van der Waals surface area contributed by atoms with E-state index in [1.54, 1.807) is 12.3 Å². The Morgan fingerprint density at radius 2 is 2.22 bits per heavy atom. The van der Waals surface area contributed by atoms with Gasteiger partial charge in [-0.25, -0.2) is 5.11 Å². The molecular weight excluding hydrogens is 114 g/mol. The van der Waals surface area contributed by atoms with Crippen LogP contribution in [-0.2, 0) is 5.11 Å². The van der Waals surface area contributed by atoms with Gasteiger partial charge < -0.3 is 5.32 Å². The van der Waals surface area contributed by atoms with E-state index in [0.717, 1.165) is 0 Å². The smallest absolute Gasteiger partial charge is 0.122 e. The molecule has 9 heavy (non-hydrogen) atoms. The third-order valence-electron chi connectivity index (χ3n) is 1.04. The summed E-state index contributed by atoms with van der Waals surface area (Å²) in [5.74, 6) is 0. The summed E-state index contributed by atoms with van der Waals surface area (Å²) < 4.78 is 0. The van der Waals surface area contributed by atoms with Crippen LogP contribution < -0.4 is 5.32 Å². The number of rotatable bonds is 1. The molecule has 2 heteroatoms. The van der Waals surface area contributed by atoms with Crippen LogP contribution in [0.25, 0.3) is 0 Å². The van der Waals surface area contributed by atoms with E-state index < -0.39 is 0 Å². The van der Waals surface area contributed by atoms with Crippen LogP contribution in [0.15, 0.2) is 36.2 Å².